The number of carbonyl (C=O) groups excluding carboxylic acids is 1. The van der Waals surface area contributed by atoms with Crippen LogP contribution in [0.3, 0.4) is 0 Å². The van der Waals surface area contributed by atoms with Gasteiger partial charge in [0.2, 0.25) is 5.91 Å². The number of halogens is 2. The summed E-state index contributed by atoms with van der Waals surface area (Å²) in [5, 5.41) is 3.79. The Hall–Kier alpha value is -1.79. The van der Waals surface area contributed by atoms with Crippen molar-refractivity contribution in [3.05, 3.63) is 58.1 Å². The molecule has 25 heavy (non-hydrogen) atoms. The number of hydrogen-bond acceptors (Lipinski definition) is 4. The molecular formula is C18H19Cl2N3O2. The minimum atomic E-state index is -0.352. The highest BCUT2D eigenvalue weighted by Crippen LogP contribution is 2.26. The molecule has 2 atom stereocenters. The van der Waals surface area contributed by atoms with Crippen molar-refractivity contribution < 1.29 is 9.53 Å². The predicted molar refractivity (Wildman–Crippen MR) is 100 cm³/mol. The normalized spacial score (nSPS) is 19.6. The molecule has 0 saturated carbocycles. The average molecular weight is 380 g/mol. The van der Waals surface area contributed by atoms with E-state index in [-0.39, 0.29) is 18.0 Å². The van der Waals surface area contributed by atoms with E-state index >= 15 is 0 Å². The molecule has 1 aliphatic rings. The first-order valence-corrected chi connectivity index (χ1v) is 8.81. The monoisotopic (exact) mass is 379 g/mol. The van der Waals surface area contributed by atoms with Gasteiger partial charge >= 0.3 is 0 Å². The smallest absolute Gasteiger partial charge is 0.242 e. The fraction of sp³-hybridized carbons (Fsp3) is 0.278. The molecule has 2 unspecified atom stereocenters. The number of rotatable bonds is 5. The number of nitrogens with one attached hydrogen (secondary N) is 3. The summed E-state index contributed by atoms with van der Waals surface area (Å²) in [4.78, 5) is 12.4. The highest BCUT2D eigenvalue weighted by molar-refractivity contribution is 6.35. The molecule has 1 aliphatic heterocycles. The van der Waals surface area contributed by atoms with Crippen LogP contribution in [0.1, 0.15) is 24.9 Å². The van der Waals surface area contributed by atoms with Crippen molar-refractivity contribution in [3.63, 3.8) is 0 Å². The topological polar surface area (TPSA) is 62.4 Å². The number of amides is 1. The Morgan fingerprint density at radius 2 is 1.84 bits per heavy atom. The fourth-order valence-electron chi connectivity index (χ4n) is 2.77. The Kier molecular flexibility index (Phi) is 5.81. The van der Waals surface area contributed by atoms with Gasteiger partial charge in [-0.25, -0.2) is 10.9 Å². The molecule has 7 heteroatoms. The summed E-state index contributed by atoms with van der Waals surface area (Å²) in [6, 6.07) is 12.5. The van der Waals surface area contributed by atoms with Crippen molar-refractivity contribution in [2.75, 3.05) is 11.9 Å². The molecule has 1 amide bonds. The lowest BCUT2D eigenvalue weighted by Gasteiger charge is -2.12. The van der Waals surface area contributed by atoms with E-state index in [0.29, 0.717) is 28.8 Å². The number of benzene rings is 2. The molecule has 0 bridgehead atoms. The second kappa shape index (κ2) is 8.06. The maximum absolute atomic E-state index is 12.4. The van der Waals surface area contributed by atoms with Gasteiger partial charge in [-0.1, -0.05) is 35.3 Å². The number of anilines is 1. The second-order valence-electron chi connectivity index (χ2n) is 5.78. The number of hydrogen-bond donors (Lipinski definition) is 3. The summed E-state index contributed by atoms with van der Waals surface area (Å²) in [6.45, 7) is 2.59. The Morgan fingerprint density at radius 3 is 2.48 bits per heavy atom. The van der Waals surface area contributed by atoms with E-state index in [2.05, 4.69) is 16.2 Å². The summed E-state index contributed by atoms with van der Waals surface area (Å²) in [5.74, 6) is 0.698. The molecule has 3 N–H and O–H groups in total. The Bertz CT molecular complexity index is 732. The van der Waals surface area contributed by atoms with E-state index in [9.17, 15) is 4.79 Å². The highest BCUT2D eigenvalue weighted by atomic mass is 35.5. The highest BCUT2D eigenvalue weighted by Gasteiger charge is 2.30. The molecule has 1 saturated heterocycles. The van der Waals surface area contributed by atoms with Crippen LogP contribution in [-0.4, -0.2) is 18.6 Å². The van der Waals surface area contributed by atoms with Crippen molar-refractivity contribution in [3.8, 4) is 5.75 Å². The standard InChI is InChI=1S/C18H19Cl2N3O2/c1-2-25-15-5-3-11(4-6-15)16-10-17(23-22-16)18(24)21-14-8-12(19)7-13(20)9-14/h3-9,16-17,22-23H,2,10H2,1H3,(H,21,24). The molecule has 0 aliphatic carbocycles. The summed E-state index contributed by atoms with van der Waals surface area (Å²) >= 11 is 11.9. The quantitative estimate of drug-likeness (QED) is 0.736. The van der Waals surface area contributed by atoms with Gasteiger partial charge in [-0.2, -0.15) is 0 Å². The molecule has 1 heterocycles. The zero-order valence-electron chi connectivity index (χ0n) is 13.7. The van der Waals surface area contributed by atoms with Crippen LogP contribution in [0, 0.1) is 0 Å². The van der Waals surface area contributed by atoms with Gasteiger partial charge in [-0.15, -0.1) is 0 Å². The van der Waals surface area contributed by atoms with Crippen LogP contribution in [-0.2, 0) is 4.79 Å². The lowest BCUT2D eigenvalue weighted by molar-refractivity contribution is -0.117. The first-order chi connectivity index (χ1) is 12.0. The first-order valence-electron chi connectivity index (χ1n) is 8.06. The van der Waals surface area contributed by atoms with E-state index in [0.717, 1.165) is 11.3 Å². The summed E-state index contributed by atoms with van der Waals surface area (Å²) < 4.78 is 5.45. The molecule has 3 rings (SSSR count). The minimum Gasteiger partial charge on any atom is -0.494 e. The zero-order chi connectivity index (χ0) is 17.8. The van der Waals surface area contributed by atoms with Crippen molar-refractivity contribution in [1.29, 1.82) is 0 Å². The zero-order valence-corrected chi connectivity index (χ0v) is 15.2. The maximum atomic E-state index is 12.4. The van der Waals surface area contributed by atoms with Crippen LogP contribution in [0.2, 0.25) is 10.0 Å². The number of carbonyl (C=O) groups is 1. The van der Waals surface area contributed by atoms with E-state index in [1.807, 2.05) is 31.2 Å². The van der Waals surface area contributed by atoms with Crippen molar-refractivity contribution in [1.82, 2.24) is 10.9 Å². The lowest BCUT2D eigenvalue weighted by atomic mass is 10.0. The molecular weight excluding hydrogens is 361 g/mol. The van der Waals surface area contributed by atoms with Gasteiger partial charge in [0.25, 0.3) is 0 Å². The third kappa shape index (κ3) is 4.64. The molecule has 0 aromatic heterocycles. The van der Waals surface area contributed by atoms with Gasteiger partial charge in [-0.3, -0.25) is 4.79 Å². The predicted octanol–water partition coefficient (Wildman–Crippen LogP) is 3.94. The Balaban J connectivity index is 1.60. The molecule has 132 valence electrons. The van der Waals surface area contributed by atoms with Gasteiger partial charge in [0, 0.05) is 21.8 Å². The number of ether oxygens (including phenoxy) is 1. The van der Waals surface area contributed by atoms with Crippen LogP contribution in [0.25, 0.3) is 0 Å². The van der Waals surface area contributed by atoms with Crippen molar-refractivity contribution >= 4 is 34.8 Å². The second-order valence-corrected chi connectivity index (χ2v) is 6.65. The van der Waals surface area contributed by atoms with Crippen LogP contribution in [0.4, 0.5) is 5.69 Å². The largest absolute Gasteiger partial charge is 0.494 e. The molecule has 2 aromatic rings. The minimum absolute atomic E-state index is 0.0503. The third-order valence-electron chi connectivity index (χ3n) is 3.94. The third-order valence-corrected chi connectivity index (χ3v) is 4.38. The summed E-state index contributed by atoms with van der Waals surface area (Å²) in [5.41, 5.74) is 7.87. The van der Waals surface area contributed by atoms with E-state index in [1.54, 1.807) is 18.2 Å². The van der Waals surface area contributed by atoms with Gasteiger partial charge in [0.05, 0.1) is 6.61 Å². The van der Waals surface area contributed by atoms with E-state index < -0.39 is 0 Å². The first kappa shape index (κ1) is 18.0. The average Bonchev–Trinajstić information content (AvgIpc) is 3.05. The van der Waals surface area contributed by atoms with Crippen molar-refractivity contribution in [2.45, 2.75) is 25.4 Å². The maximum Gasteiger partial charge on any atom is 0.242 e. The molecule has 0 radical (unpaired) electrons. The summed E-state index contributed by atoms with van der Waals surface area (Å²) in [7, 11) is 0. The van der Waals surface area contributed by atoms with Crippen LogP contribution in [0.5, 0.6) is 5.75 Å². The molecule has 2 aromatic carbocycles. The molecule has 0 spiro atoms. The molecule has 5 nitrogen and oxygen atoms in total. The summed E-state index contributed by atoms with van der Waals surface area (Å²) in [6.07, 6.45) is 0.633. The lowest BCUT2D eigenvalue weighted by Crippen LogP contribution is -2.39. The van der Waals surface area contributed by atoms with Crippen LogP contribution in [0.15, 0.2) is 42.5 Å². The van der Waals surface area contributed by atoms with E-state index in [4.69, 9.17) is 27.9 Å². The SMILES string of the molecule is CCOc1ccc(C2CC(C(=O)Nc3cc(Cl)cc(Cl)c3)NN2)cc1. The Labute approximate surface area is 156 Å². The molecule has 1 fully saturated rings. The van der Waals surface area contributed by atoms with Crippen LogP contribution < -0.4 is 20.9 Å². The van der Waals surface area contributed by atoms with Gasteiger partial charge in [0.1, 0.15) is 11.8 Å². The van der Waals surface area contributed by atoms with E-state index in [1.165, 1.54) is 0 Å². The fourth-order valence-corrected chi connectivity index (χ4v) is 3.29. The van der Waals surface area contributed by atoms with Gasteiger partial charge in [0.15, 0.2) is 0 Å². The van der Waals surface area contributed by atoms with Gasteiger partial charge in [-0.05, 0) is 49.2 Å². The van der Waals surface area contributed by atoms with Gasteiger partial charge < -0.3 is 10.1 Å². The van der Waals surface area contributed by atoms with Crippen molar-refractivity contribution in [2.24, 2.45) is 0 Å². The number of hydrazine groups is 1. The van der Waals surface area contributed by atoms with Crippen LogP contribution >= 0.6 is 23.2 Å². The Morgan fingerprint density at radius 1 is 1.16 bits per heavy atom.